The van der Waals surface area contributed by atoms with Crippen molar-refractivity contribution in [1.82, 2.24) is 24.1 Å². The second-order valence-corrected chi connectivity index (χ2v) is 12.6. The highest BCUT2D eigenvalue weighted by Crippen LogP contribution is 2.35. The molecule has 1 aliphatic heterocycles. The molecule has 2 fully saturated rings. The van der Waals surface area contributed by atoms with Crippen LogP contribution in [0.15, 0.2) is 23.1 Å². The van der Waals surface area contributed by atoms with E-state index in [4.69, 9.17) is 4.98 Å². The molecule has 1 saturated heterocycles. The van der Waals surface area contributed by atoms with Gasteiger partial charge in [-0.05, 0) is 63.9 Å². The average molecular weight is 532 g/mol. The molecular weight excluding hydrogens is 486 g/mol. The molecular formula is C28H45N5O3S. The maximum absolute atomic E-state index is 13.0. The third-order valence-electron chi connectivity index (χ3n) is 8.46. The van der Waals surface area contributed by atoms with Gasteiger partial charge in [-0.25, -0.2) is 13.4 Å². The Labute approximate surface area is 222 Å². The Balaban J connectivity index is 1.44. The Morgan fingerprint density at radius 2 is 1.70 bits per heavy atom. The fraction of sp³-hybridized carbons (Fsp3) is 0.714. The SMILES string of the molecule is CCN(CC)S(=O)(=O)c1ccc2c(c1)nc(CCC(=O)NCC1(N3CCCCC3)CCCCC1)n2CC. The Morgan fingerprint density at radius 1 is 1.03 bits per heavy atom. The number of amides is 1. The van der Waals surface area contributed by atoms with Gasteiger partial charge in [0.25, 0.3) is 0 Å². The lowest BCUT2D eigenvalue weighted by molar-refractivity contribution is -0.122. The largest absolute Gasteiger partial charge is 0.354 e. The lowest BCUT2D eigenvalue weighted by atomic mass is 9.79. The topological polar surface area (TPSA) is 87.5 Å². The molecule has 0 bridgehead atoms. The molecule has 2 aromatic rings. The summed E-state index contributed by atoms with van der Waals surface area (Å²) in [6.07, 6.45) is 10.9. The van der Waals surface area contributed by atoms with E-state index in [0.29, 0.717) is 38.0 Å². The Kier molecular flexibility index (Phi) is 9.29. The van der Waals surface area contributed by atoms with Gasteiger partial charge in [0, 0.05) is 44.6 Å². The molecule has 37 heavy (non-hydrogen) atoms. The van der Waals surface area contributed by atoms with Crippen LogP contribution in [0.5, 0.6) is 0 Å². The van der Waals surface area contributed by atoms with Crippen LogP contribution >= 0.6 is 0 Å². The molecule has 0 atom stereocenters. The van der Waals surface area contributed by atoms with Crippen molar-refractivity contribution in [3.63, 3.8) is 0 Å². The number of hydrogen-bond acceptors (Lipinski definition) is 5. The van der Waals surface area contributed by atoms with Crippen LogP contribution in [0.2, 0.25) is 0 Å². The summed E-state index contributed by atoms with van der Waals surface area (Å²) in [6, 6.07) is 5.19. The van der Waals surface area contributed by atoms with E-state index in [1.165, 1.54) is 55.7 Å². The van der Waals surface area contributed by atoms with Crippen LogP contribution in [0, 0.1) is 0 Å². The average Bonchev–Trinajstić information content (AvgIpc) is 3.29. The van der Waals surface area contributed by atoms with Crippen molar-refractivity contribution in [3.8, 4) is 0 Å². The van der Waals surface area contributed by atoms with Gasteiger partial charge in [0.2, 0.25) is 15.9 Å². The molecule has 0 unspecified atom stereocenters. The van der Waals surface area contributed by atoms with E-state index in [0.717, 1.165) is 31.0 Å². The summed E-state index contributed by atoms with van der Waals surface area (Å²) in [5.74, 6) is 0.898. The molecule has 1 N–H and O–H groups in total. The number of aromatic nitrogens is 2. The van der Waals surface area contributed by atoms with Crippen LogP contribution in [0.4, 0.5) is 0 Å². The molecule has 2 heterocycles. The number of hydrogen-bond donors (Lipinski definition) is 1. The van der Waals surface area contributed by atoms with Gasteiger partial charge in [0.15, 0.2) is 0 Å². The molecule has 1 saturated carbocycles. The minimum Gasteiger partial charge on any atom is -0.354 e. The number of piperidine rings is 1. The summed E-state index contributed by atoms with van der Waals surface area (Å²) in [4.78, 5) is 20.7. The summed E-state index contributed by atoms with van der Waals surface area (Å²) in [7, 11) is -3.55. The number of rotatable bonds is 11. The molecule has 9 heteroatoms. The first kappa shape index (κ1) is 28.0. The van der Waals surface area contributed by atoms with E-state index in [2.05, 4.69) is 21.7 Å². The number of sulfonamides is 1. The minimum absolute atomic E-state index is 0.0708. The zero-order chi connectivity index (χ0) is 26.5. The normalized spacial score (nSPS) is 18.9. The standard InChI is InChI=1S/C28H45N5O3S/c1-4-32(5-2)37(35,36)23-13-14-25-24(21-23)30-26(33(25)6-3)15-16-27(34)29-22-28(17-9-7-10-18-28)31-19-11-8-12-20-31/h13-14,21H,4-12,15-20,22H2,1-3H3,(H,29,34). The van der Waals surface area contributed by atoms with Crippen molar-refractivity contribution in [2.75, 3.05) is 32.7 Å². The fourth-order valence-electron chi connectivity index (χ4n) is 6.34. The number of imidazole rings is 1. The highest BCUT2D eigenvalue weighted by Gasteiger charge is 2.38. The van der Waals surface area contributed by atoms with Gasteiger partial charge in [-0.1, -0.05) is 39.5 Å². The predicted molar refractivity (Wildman–Crippen MR) is 148 cm³/mol. The second-order valence-electron chi connectivity index (χ2n) is 10.6. The number of aryl methyl sites for hydroxylation is 2. The van der Waals surface area contributed by atoms with Crippen LogP contribution in [-0.4, -0.2) is 71.3 Å². The number of benzene rings is 1. The van der Waals surface area contributed by atoms with Crippen molar-refractivity contribution >= 4 is 27.0 Å². The van der Waals surface area contributed by atoms with E-state index < -0.39 is 10.0 Å². The highest BCUT2D eigenvalue weighted by atomic mass is 32.2. The third-order valence-corrected chi connectivity index (χ3v) is 10.5. The Bertz CT molecular complexity index is 1160. The number of carbonyl (C=O) groups excluding carboxylic acids is 1. The van der Waals surface area contributed by atoms with Gasteiger partial charge < -0.3 is 9.88 Å². The summed E-state index contributed by atoms with van der Waals surface area (Å²) in [5.41, 5.74) is 1.69. The Morgan fingerprint density at radius 3 is 2.35 bits per heavy atom. The molecule has 8 nitrogen and oxygen atoms in total. The van der Waals surface area contributed by atoms with E-state index in [1.54, 1.807) is 12.1 Å². The van der Waals surface area contributed by atoms with Gasteiger partial charge in [-0.15, -0.1) is 0 Å². The monoisotopic (exact) mass is 531 g/mol. The van der Waals surface area contributed by atoms with E-state index >= 15 is 0 Å². The van der Waals surface area contributed by atoms with Crippen LogP contribution in [0.25, 0.3) is 11.0 Å². The maximum atomic E-state index is 13.0. The van der Waals surface area contributed by atoms with Gasteiger partial charge in [-0.2, -0.15) is 4.31 Å². The van der Waals surface area contributed by atoms with E-state index in [9.17, 15) is 13.2 Å². The van der Waals surface area contributed by atoms with Crippen LogP contribution in [0.3, 0.4) is 0 Å². The number of nitrogens with zero attached hydrogens (tertiary/aromatic N) is 4. The molecule has 1 aromatic heterocycles. The van der Waals surface area contributed by atoms with Gasteiger partial charge in [-0.3, -0.25) is 9.69 Å². The van der Waals surface area contributed by atoms with E-state index in [-0.39, 0.29) is 16.3 Å². The molecule has 1 aromatic carbocycles. The van der Waals surface area contributed by atoms with Crippen LogP contribution < -0.4 is 5.32 Å². The van der Waals surface area contributed by atoms with Crippen LogP contribution in [0.1, 0.15) is 84.4 Å². The lowest BCUT2D eigenvalue weighted by Gasteiger charge is -2.48. The number of fused-ring (bicyclic) bond motifs is 1. The maximum Gasteiger partial charge on any atom is 0.243 e. The molecule has 0 spiro atoms. The van der Waals surface area contributed by atoms with Crippen molar-refractivity contribution in [2.45, 2.75) is 102 Å². The van der Waals surface area contributed by atoms with Crippen LogP contribution in [-0.2, 0) is 27.8 Å². The summed E-state index contributed by atoms with van der Waals surface area (Å²) < 4.78 is 29.5. The number of carbonyl (C=O) groups is 1. The zero-order valence-corrected chi connectivity index (χ0v) is 23.8. The van der Waals surface area contributed by atoms with Crippen molar-refractivity contribution in [2.24, 2.45) is 0 Å². The molecule has 2 aliphatic rings. The number of nitrogens with one attached hydrogen (secondary N) is 1. The highest BCUT2D eigenvalue weighted by molar-refractivity contribution is 7.89. The van der Waals surface area contributed by atoms with Crippen molar-refractivity contribution in [3.05, 3.63) is 24.0 Å². The van der Waals surface area contributed by atoms with Crippen molar-refractivity contribution in [1.29, 1.82) is 0 Å². The van der Waals surface area contributed by atoms with Gasteiger partial charge in [0.1, 0.15) is 5.82 Å². The first-order chi connectivity index (χ1) is 17.8. The predicted octanol–water partition coefficient (Wildman–Crippen LogP) is 4.32. The van der Waals surface area contributed by atoms with Gasteiger partial charge in [0.05, 0.1) is 15.9 Å². The summed E-state index contributed by atoms with van der Waals surface area (Å²) in [5, 5.41) is 3.28. The summed E-state index contributed by atoms with van der Waals surface area (Å²) >= 11 is 0. The lowest BCUT2D eigenvalue weighted by Crippen LogP contribution is -2.58. The van der Waals surface area contributed by atoms with E-state index in [1.807, 2.05) is 19.9 Å². The first-order valence-electron chi connectivity index (χ1n) is 14.4. The van der Waals surface area contributed by atoms with Crippen molar-refractivity contribution < 1.29 is 13.2 Å². The molecule has 206 valence electrons. The molecule has 1 amide bonds. The zero-order valence-electron chi connectivity index (χ0n) is 23.0. The summed E-state index contributed by atoms with van der Waals surface area (Å²) in [6.45, 7) is 10.4. The second kappa shape index (κ2) is 12.3. The quantitative estimate of drug-likeness (QED) is 0.467. The fourth-order valence-corrected chi connectivity index (χ4v) is 7.81. The smallest absolute Gasteiger partial charge is 0.243 e. The van der Waals surface area contributed by atoms with Gasteiger partial charge >= 0.3 is 0 Å². The Hall–Kier alpha value is -1.97. The first-order valence-corrected chi connectivity index (χ1v) is 15.8. The minimum atomic E-state index is -3.55. The third kappa shape index (κ3) is 6.04. The molecule has 0 radical (unpaired) electrons. The molecule has 1 aliphatic carbocycles. The molecule has 4 rings (SSSR count). The number of likely N-dealkylation sites (tertiary alicyclic amines) is 1.